The van der Waals surface area contributed by atoms with Crippen LogP contribution in [0.15, 0.2) is 28.0 Å². The van der Waals surface area contributed by atoms with Crippen molar-refractivity contribution >= 4 is 5.96 Å². The van der Waals surface area contributed by atoms with Crippen LogP contribution in [0.5, 0.6) is 11.5 Å². The molecule has 2 heterocycles. The topological polar surface area (TPSA) is 85.9 Å². The van der Waals surface area contributed by atoms with Gasteiger partial charge in [-0.1, -0.05) is 6.07 Å². The molecule has 0 fully saturated rings. The number of likely N-dealkylation sites (N-methyl/N-ethyl adjacent to an activating group) is 1. The van der Waals surface area contributed by atoms with Crippen molar-refractivity contribution in [3.8, 4) is 11.5 Å². The van der Waals surface area contributed by atoms with Crippen LogP contribution >= 0.6 is 0 Å². The number of aryl methyl sites for hydroxylation is 2. The van der Waals surface area contributed by atoms with Gasteiger partial charge in [0, 0.05) is 46.2 Å². The number of aliphatic imine (C=N–C) groups is 1. The highest BCUT2D eigenvalue weighted by Crippen LogP contribution is 2.27. The first-order valence-corrected chi connectivity index (χ1v) is 11.4. The summed E-state index contributed by atoms with van der Waals surface area (Å²) in [5.74, 6) is 3.26. The van der Waals surface area contributed by atoms with Gasteiger partial charge in [-0.3, -0.25) is 9.56 Å². The molecule has 176 valence electrons. The van der Waals surface area contributed by atoms with E-state index >= 15 is 0 Å². The van der Waals surface area contributed by atoms with E-state index in [1.165, 1.54) is 5.56 Å². The molecule has 0 saturated carbocycles. The lowest BCUT2D eigenvalue weighted by atomic mass is 10.1. The van der Waals surface area contributed by atoms with Gasteiger partial charge in [0.2, 0.25) is 0 Å². The van der Waals surface area contributed by atoms with Crippen LogP contribution in [0.1, 0.15) is 37.6 Å². The maximum Gasteiger partial charge on any atom is 0.345 e. The normalized spacial score (nSPS) is 13.6. The highest BCUT2D eigenvalue weighted by molar-refractivity contribution is 5.79. The van der Waals surface area contributed by atoms with Crippen molar-refractivity contribution in [1.29, 1.82) is 0 Å². The number of rotatable bonds is 10. The van der Waals surface area contributed by atoms with Gasteiger partial charge in [-0.25, -0.2) is 9.48 Å². The number of methoxy groups -OCH3 is 2. The number of nitrogens with one attached hydrogen (secondary N) is 1. The Labute approximate surface area is 190 Å². The zero-order chi connectivity index (χ0) is 22.9. The Morgan fingerprint density at radius 3 is 2.78 bits per heavy atom. The molecule has 0 atom stereocenters. The van der Waals surface area contributed by atoms with Crippen molar-refractivity contribution in [3.63, 3.8) is 0 Å². The summed E-state index contributed by atoms with van der Waals surface area (Å²) >= 11 is 0. The monoisotopic (exact) mass is 444 g/mol. The standard InChI is InChI=1S/C23H36N6O3/c1-5-24-22(27(2)16-12-18-10-11-19(31-3)20(17-18)32-4)25-13-8-15-29-23(30)28-14-7-6-9-21(28)26-29/h10-11,17H,5-9,12-16H2,1-4H3,(H,24,25). The quantitative estimate of drug-likeness (QED) is 0.342. The van der Waals surface area contributed by atoms with Crippen LogP contribution in [0.4, 0.5) is 0 Å². The van der Waals surface area contributed by atoms with E-state index in [1.54, 1.807) is 18.9 Å². The third-order valence-corrected chi connectivity index (χ3v) is 5.70. The summed E-state index contributed by atoms with van der Waals surface area (Å²) < 4.78 is 14.1. The van der Waals surface area contributed by atoms with Crippen LogP contribution in [-0.2, 0) is 25.9 Å². The Hall–Kier alpha value is -2.97. The van der Waals surface area contributed by atoms with Gasteiger partial charge in [0.15, 0.2) is 17.5 Å². The smallest absolute Gasteiger partial charge is 0.345 e. The molecule has 2 aromatic rings. The summed E-state index contributed by atoms with van der Waals surface area (Å²) in [6.07, 6.45) is 4.70. The van der Waals surface area contributed by atoms with E-state index < -0.39 is 0 Å². The summed E-state index contributed by atoms with van der Waals surface area (Å²) in [7, 11) is 5.33. The van der Waals surface area contributed by atoms with E-state index in [-0.39, 0.29) is 5.69 Å². The number of ether oxygens (including phenoxy) is 2. The molecule has 0 saturated heterocycles. The van der Waals surface area contributed by atoms with E-state index in [9.17, 15) is 4.79 Å². The Morgan fingerprint density at radius 1 is 1.25 bits per heavy atom. The van der Waals surface area contributed by atoms with E-state index in [2.05, 4.69) is 28.3 Å². The van der Waals surface area contributed by atoms with Crippen LogP contribution in [0, 0.1) is 0 Å². The molecule has 1 N–H and O–H groups in total. The Morgan fingerprint density at radius 2 is 2.06 bits per heavy atom. The van der Waals surface area contributed by atoms with Gasteiger partial charge >= 0.3 is 5.69 Å². The first kappa shape index (κ1) is 23.7. The van der Waals surface area contributed by atoms with Crippen LogP contribution in [-0.4, -0.2) is 66.1 Å². The fraction of sp³-hybridized carbons (Fsp3) is 0.609. The van der Waals surface area contributed by atoms with Gasteiger partial charge in [-0.2, -0.15) is 5.10 Å². The van der Waals surface area contributed by atoms with Crippen molar-refractivity contribution < 1.29 is 9.47 Å². The zero-order valence-electron chi connectivity index (χ0n) is 19.8. The van der Waals surface area contributed by atoms with Crippen molar-refractivity contribution in [1.82, 2.24) is 24.6 Å². The molecular formula is C23H36N6O3. The van der Waals surface area contributed by atoms with Crippen LogP contribution in [0.3, 0.4) is 0 Å². The lowest BCUT2D eigenvalue weighted by Gasteiger charge is -2.22. The third kappa shape index (κ3) is 5.83. The maximum absolute atomic E-state index is 12.4. The molecule has 0 bridgehead atoms. The lowest BCUT2D eigenvalue weighted by molar-refractivity contribution is 0.354. The summed E-state index contributed by atoms with van der Waals surface area (Å²) in [6, 6.07) is 6.00. The molecule has 0 amide bonds. The molecule has 1 aromatic carbocycles. The SMILES string of the molecule is CCNC(=NCCCn1nc2n(c1=O)CCCC2)N(C)CCc1ccc(OC)c(OC)c1. The maximum atomic E-state index is 12.4. The van der Waals surface area contributed by atoms with Gasteiger partial charge in [0.05, 0.1) is 14.2 Å². The number of guanidine groups is 1. The number of benzene rings is 1. The minimum Gasteiger partial charge on any atom is -0.493 e. The molecule has 3 rings (SSSR count). The van der Waals surface area contributed by atoms with Crippen LogP contribution in [0.25, 0.3) is 0 Å². The molecule has 0 spiro atoms. The fourth-order valence-corrected chi connectivity index (χ4v) is 3.91. The Kier molecular flexibility index (Phi) is 8.58. The van der Waals surface area contributed by atoms with Crippen molar-refractivity contribution in [3.05, 3.63) is 40.1 Å². The number of aromatic nitrogens is 3. The van der Waals surface area contributed by atoms with Gasteiger partial charge in [-0.05, 0) is 50.3 Å². The molecule has 1 aromatic heterocycles. The summed E-state index contributed by atoms with van der Waals surface area (Å²) in [5.41, 5.74) is 1.19. The first-order valence-electron chi connectivity index (χ1n) is 11.4. The predicted molar refractivity (Wildman–Crippen MR) is 126 cm³/mol. The van der Waals surface area contributed by atoms with Crippen molar-refractivity contribution in [2.24, 2.45) is 4.99 Å². The molecule has 0 radical (unpaired) electrons. The van der Waals surface area contributed by atoms with Gasteiger partial charge in [-0.15, -0.1) is 0 Å². The lowest BCUT2D eigenvalue weighted by Crippen LogP contribution is -2.40. The second-order valence-electron chi connectivity index (χ2n) is 7.98. The number of nitrogens with zero attached hydrogens (tertiary/aromatic N) is 5. The molecule has 0 aliphatic carbocycles. The molecule has 1 aliphatic heterocycles. The molecule has 9 nitrogen and oxygen atoms in total. The second kappa shape index (κ2) is 11.6. The minimum absolute atomic E-state index is 0.0163. The fourth-order valence-electron chi connectivity index (χ4n) is 3.91. The third-order valence-electron chi connectivity index (χ3n) is 5.70. The predicted octanol–water partition coefficient (Wildman–Crippen LogP) is 1.93. The van der Waals surface area contributed by atoms with Crippen molar-refractivity contribution in [2.45, 2.75) is 52.1 Å². The van der Waals surface area contributed by atoms with Crippen LogP contribution < -0.4 is 20.5 Å². The average molecular weight is 445 g/mol. The molecule has 1 aliphatic rings. The van der Waals surface area contributed by atoms with E-state index in [1.807, 2.05) is 23.7 Å². The summed E-state index contributed by atoms with van der Waals surface area (Å²) in [5, 5.41) is 7.85. The van der Waals surface area contributed by atoms with Gasteiger partial charge in [0.25, 0.3) is 0 Å². The number of fused-ring (bicyclic) bond motifs is 1. The minimum atomic E-state index is 0.0163. The highest BCUT2D eigenvalue weighted by atomic mass is 16.5. The zero-order valence-corrected chi connectivity index (χ0v) is 19.8. The number of hydrogen-bond acceptors (Lipinski definition) is 5. The summed E-state index contributed by atoms with van der Waals surface area (Å²) in [4.78, 5) is 19.3. The highest BCUT2D eigenvalue weighted by Gasteiger charge is 2.16. The largest absolute Gasteiger partial charge is 0.493 e. The van der Waals surface area contributed by atoms with Crippen LogP contribution in [0.2, 0.25) is 0 Å². The van der Waals surface area contributed by atoms with Gasteiger partial charge in [0.1, 0.15) is 5.82 Å². The second-order valence-corrected chi connectivity index (χ2v) is 7.98. The average Bonchev–Trinajstić information content (AvgIpc) is 3.14. The first-order chi connectivity index (χ1) is 15.6. The van der Waals surface area contributed by atoms with E-state index in [0.29, 0.717) is 13.1 Å². The molecular weight excluding hydrogens is 408 g/mol. The molecule has 32 heavy (non-hydrogen) atoms. The van der Waals surface area contributed by atoms with E-state index in [4.69, 9.17) is 14.5 Å². The molecule has 0 unspecified atom stereocenters. The van der Waals surface area contributed by atoms with E-state index in [0.717, 1.165) is 75.0 Å². The van der Waals surface area contributed by atoms with Crippen molar-refractivity contribution in [2.75, 3.05) is 40.9 Å². The Balaban J connectivity index is 1.53. The summed E-state index contributed by atoms with van der Waals surface area (Å²) in [6.45, 7) is 5.70. The number of hydrogen-bond donors (Lipinski definition) is 1. The Bertz CT molecular complexity index is 965. The molecule has 9 heteroatoms. The van der Waals surface area contributed by atoms with Gasteiger partial charge < -0.3 is 19.7 Å².